The summed E-state index contributed by atoms with van der Waals surface area (Å²) < 4.78 is 25.3. The van der Waals surface area contributed by atoms with Crippen LogP contribution >= 0.6 is 11.6 Å². The highest BCUT2D eigenvalue weighted by Gasteiger charge is 2.22. The third-order valence-electron chi connectivity index (χ3n) is 7.07. The minimum Gasteiger partial charge on any atom is -0.383 e. The van der Waals surface area contributed by atoms with Crippen molar-refractivity contribution >= 4 is 17.3 Å². The van der Waals surface area contributed by atoms with E-state index in [9.17, 15) is 4.39 Å². The minimum absolute atomic E-state index is 0.339. The third kappa shape index (κ3) is 7.11. The lowest BCUT2D eigenvalue weighted by atomic mass is 9.83. The molecule has 6 nitrogen and oxygen atoms in total. The first-order valence-electron chi connectivity index (χ1n) is 12.5. The van der Waals surface area contributed by atoms with Gasteiger partial charge in [-0.15, -0.1) is 0 Å². The van der Waals surface area contributed by atoms with E-state index in [1.165, 1.54) is 6.20 Å². The number of halogens is 2. The molecule has 34 heavy (non-hydrogen) atoms. The lowest BCUT2D eigenvalue weighted by Gasteiger charge is -2.29. The Kier molecular flexibility index (Phi) is 9.50. The number of nitrogens with one attached hydrogen (secondary N) is 2. The quantitative estimate of drug-likeness (QED) is 0.356. The fourth-order valence-corrected chi connectivity index (χ4v) is 5.14. The van der Waals surface area contributed by atoms with Gasteiger partial charge >= 0.3 is 0 Å². The first-order chi connectivity index (χ1) is 16.6. The van der Waals surface area contributed by atoms with Crippen molar-refractivity contribution in [3.8, 4) is 11.1 Å². The molecule has 2 N–H and O–H groups in total. The molecule has 3 heterocycles. The van der Waals surface area contributed by atoms with Crippen molar-refractivity contribution in [1.82, 2.24) is 15.3 Å². The van der Waals surface area contributed by atoms with E-state index >= 15 is 0 Å². The number of nitrogens with zero attached hydrogens (tertiary/aromatic N) is 2. The summed E-state index contributed by atoms with van der Waals surface area (Å²) in [7, 11) is 1.73. The van der Waals surface area contributed by atoms with Gasteiger partial charge in [-0.1, -0.05) is 11.6 Å². The second-order valence-electron chi connectivity index (χ2n) is 9.52. The first kappa shape index (κ1) is 25.3. The van der Waals surface area contributed by atoms with E-state index in [2.05, 4.69) is 20.6 Å². The molecule has 8 heteroatoms. The highest BCUT2D eigenvalue weighted by Crippen LogP contribution is 2.31. The molecule has 0 radical (unpaired) electrons. The molecule has 0 unspecified atom stereocenters. The van der Waals surface area contributed by atoms with Gasteiger partial charge in [-0.2, -0.15) is 0 Å². The van der Waals surface area contributed by atoms with Gasteiger partial charge in [0.25, 0.3) is 0 Å². The van der Waals surface area contributed by atoms with Crippen molar-refractivity contribution < 1.29 is 13.9 Å². The van der Waals surface area contributed by atoms with Gasteiger partial charge in [-0.05, 0) is 68.9 Å². The molecular formula is C26H36ClFN4O2. The number of pyridine rings is 2. The van der Waals surface area contributed by atoms with Crippen LogP contribution in [-0.2, 0) is 15.9 Å². The number of ether oxygens (including phenoxy) is 2. The normalized spacial score (nSPS) is 21.5. The van der Waals surface area contributed by atoms with Crippen LogP contribution in [0.1, 0.15) is 44.2 Å². The number of rotatable bonds is 10. The number of hydrogen-bond acceptors (Lipinski definition) is 6. The Morgan fingerprint density at radius 3 is 2.62 bits per heavy atom. The zero-order valence-corrected chi connectivity index (χ0v) is 20.7. The first-order valence-corrected chi connectivity index (χ1v) is 12.8. The van der Waals surface area contributed by atoms with Crippen LogP contribution in [0, 0.1) is 17.7 Å². The van der Waals surface area contributed by atoms with Gasteiger partial charge in [0.05, 0.1) is 18.5 Å². The Balaban J connectivity index is 1.38. The Bertz CT molecular complexity index is 918. The molecular weight excluding hydrogens is 455 g/mol. The molecule has 0 bridgehead atoms. The van der Waals surface area contributed by atoms with Crippen LogP contribution in [0.15, 0.2) is 24.5 Å². The van der Waals surface area contributed by atoms with Crippen molar-refractivity contribution in [2.75, 3.05) is 45.3 Å². The maximum atomic E-state index is 14.8. The summed E-state index contributed by atoms with van der Waals surface area (Å²) in [4.78, 5) is 8.71. The van der Waals surface area contributed by atoms with E-state index in [1.54, 1.807) is 13.3 Å². The third-order valence-corrected chi connectivity index (χ3v) is 7.37. The fourth-order valence-electron chi connectivity index (χ4n) is 4.97. The number of hydrogen-bond donors (Lipinski definition) is 2. The van der Waals surface area contributed by atoms with Gasteiger partial charge in [-0.3, -0.25) is 4.98 Å². The van der Waals surface area contributed by atoms with Gasteiger partial charge in [0.15, 0.2) is 5.15 Å². The molecule has 1 saturated heterocycles. The lowest BCUT2D eigenvalue weighted by Crippen LogP contribution is -2.35. The number of methoxy groups -OCH3 is 1. The second kappa shape index (κ2) is 12.8. The molecule has 0 aromatic carbocycles. The van der Waals surface area contributed by atoms with E-state index < -0.39 is 0 Å². The summed E-state index contributed by atoms with van der Waals surface area (Å²) in [5, 5.41) is 7.38. The van der Waals surface area contributed by atoms with Crippen molar-refractivity contribution in [2.24, 2.45) is 11.8 Å². The Hall–Kier alpha value is -1.80. The topological polar surface area (TPSA) is 68.3 Å². The van der Waals surface area contributed by atoms with Gasteiger partial charge in [0.2, 0.25) is 0 Å². The van der Waals surface area contributed by atoms with Crippen molar-refractivity contribution in [2.45, 2.75) is 51.0 Å². The van der Waals surface area contributed by atoms with Crippen molar-refractivity contribution in [3.05, 3.63) is 41.2 Å². The highest BCUT2D eigenvalue weighted by molar-refractivity contribution is 6.32. The SMILES string of the molecule is COCCNC1CCC(Cc2cc(-c3cnc(Cl)c(NCC4CCOCC4)c3)c(F)cn2)CC1. The van der Waals surface area contributed by atoms with Crippen LogP contribution in [0.3, 0.4) is 0 Å². The molecule has 1 aliphatic heterocycles. The maximum absolute atomic E-state index is 14.8. The molecule has 0 atom stereocenters. The molecule has 2 aliphatic rings. The second-order valence-corrected chi connectivity index (χ2v) is 9.88. The number of anilines is 1. The molecule has 1 aliphatic carbocycles. The molecule has 2 aromatic rings. The minimum atomic E-state index is -0.339. The zero-order chi connectivity index (χ0) is 23.8. The number of aromatic nitrogens is 2. The Labute approximate surface area is 207 Å². The van der Waals surface area contributed by atoms with Crippen LogP contribution in [0.4, 0.5) is 10.1 Å². The average Bonchev–Trinajstić information content (AvgIpc) is 2.87. The molecule has 1 saturated carbocycles. The van der Waals surface area contributed by atoms with Gasteiger partial charge in [0.1, 0.15) is 5.82 Å². The standard InChI is InChI=1S/C26H36ClFN4O2/c1-33-11-8-29-21-4-2-18(3-5-21)12-22-14-23(24(28)17-30-22)20-13-25(26(27)32-16-20)31-15-19-6-9-34-10-7-19/h13-14,16-19,21,29,31H,2-12,15H2,1H3. The van der Waals surface area contributed by atoms with Crippen molar-refractivity contribution in [3.63, 3.8) is 0 Å². The summed E-state index contributed by atoms with van der Waals surface area (Å²) in [5.41, 5.74) is 2.91. The van der Waals surface area contributed by atoms with Crippen LogP contribution in [0.25, 0.3) is 11.1 Å². The summed E-state index contributed by atoms with van der Waals surface area (Å²) in [6, 6.07) is 4.34. The highest BCUT2D eigenvalue weighted by atomic mass is 35.5. The molecule has 0 spiro atoms. The molecule has 0 amide bonds. The monoisotopic (exact) mass is 490 g/mol. The maximum Gasteiger partial charge on any atom is 0.152 e. The van der Waals surface area contributed by atoms with E-state index in [4.69, 9.17) is 21.1 Å². The molecule has 4 rings (SSSR count). The predicted molar refractivity (Wildman–Crippen MR) is 134 cm³/mol. The summed E-state index contributed by atoms with van der Waals surface area (Å²) >= 11 is 6.34. The van der Waals surface area contributed by atoms with Crippen LogP contribution in [0.2, 0.25) is 5.15 Å². The molecule has 2 fully saturated rings. The lowest BCUT2D eigenvalue weighted by molar-refractivity contribution is 0.0699. The molecule has 2 aromatic heterocycles. The fraction of sp³-hybridized carbons (Fsp3) is 0.615. The van der Waals surface area contributed by atoms with E-state index in [-0.39, 0.29) is 5.82 Å². The molecule has 186 valence electrons. The van der Waals surface area contributed by atoms with Crippen LogP contribution < -0.4 is 10.6 Å². The van der Waals surface area contributed by atoms with E-state index in [0.717, 1.165) is 89.2 Å². The summed E-state index contributed by atoms with van der Waals surface area (Å²) in [6.45, 7) is 4.05. The van der Waals surface area contributed by atoms with Gasteiger partial charge in [-0.25, -0.2) is 9.37 Å². The van der Waals surface area contributed by atoms with Gasteiger partial charge in [0, 0.05) is 62.5 Å². The van der Waals surface area contributed by atoms with E-state index in [1.807, 2.05) is 12.1 Å². The van der Waals surface area contributed by atoms with Crippen LogP contribution in [0.5, 0.6) is 0 Å². The zero-order valence-electron chi connectivity index (χ0n) is 20.0. The summed E-state index contributed by atoms with van der Waals surface area (Å²) in [6.07, 6.45) is 10.5. The van der Waals surface area contributed by atoms with E-state index in [0.29, 0.717) is 34.2 Å². The van der Waals surface area contributed by atoms with Crippen LogP contribution in [-0.4, -0.2) is 56.0 Å². The van der Waals surface area contributed by atoms with Gasteiger partial charge < -0.3 is 20.1 Å². The largest absolute Gasteiger partial charge is 0.383 e. The predicted octanol–water partition coefficient (Wildman–Crippen LogP) is 5.11. The summed E-state index contributed by atoms with van der Waals surface area (Å²) in [5.74, 6) is 0.781. The Morgan fingerprint density at radius 1 is 1.06 bits per heavy atom. The smallest absolute Gasteiger partial charge is 0.152 e. The average molecular weight is 491 g/mol. The Morgan fingerprint density at radius 2 is 1.85 bits per heavy atom. The van der Waals surface area contributed by atoms with Crippen molar-refractivity contribution in [1.29, 1.82) is 0 Å².